The molecule has 0 heterocycles. The molecular formula is C15H14F3NO2. The Bertz CT molecular complexity index is 527. The molecule has 1 aromatic rings. The first-order valence-corrected chi connectivity index (χ1v) is 6.34. The van der Waals surface area contributed by atoms with Crippen molar-refractivity contribution in [2.45, 2.75) is 25.4 Å². The Morgan fingerprint density at radius 3 is 2.48 bits per heavy atom. The van der Waals surface area contributed by atoms with Crippen molar-refractivity contribution in [3.63, 3.8) is 0 Å². The van der Waals surface area contributed by atoms with Crippen molar-refractivity contribution in [1.82, 2.24) is 0 Å². The second-order valence-corrected chi connectivity index (χ2v) is 4.26. The van der Waals surface area contributed by atoms with Gasteiger partial charge in [0.05, 0.1) is 23.8 Å². The van der Waals surface area contributed by atoms with Crippen molar-refractivity contribution < 1.29 is 22.7 Å². The number of carbonyl (C=O) groups excluding carboxylic acids is 1. The van der Waals surface area contributed by atoms with E-state index in [1.165, 1.54) is 24.3 Å². The first kappa shape index (κ1) is 16.8. The SMILES string of the molecule is N#Cc1ccc(C(=O)OCCCCC=CC(F)(F)F)cc1. The lowest BCUT2D eigenvalue weighted by molar-refractivity contribution is -0.0800. The Hall–Kier alpha value is -2.29. The smallest absolute Gasteiger partial charge is 0.409 e. The fraction of sp³-hybridized carbons (Fsp3) is 0.333. The van der Waals surface area contributed by atoms with Gasteiger partial charge in [-0.1, -0.05) is 6.08 Å². The first-order chi connectivity index (χ1) is 9.92. The number of esters is 1. The predicted molar refractivity (Wildman–Crippen MR) is 70.5 cm³/mol. The van der Waals surface area contributed by atoms with Crippen LogP contribution in [0.15, 0.2) is 36.4 Å². The Labute approximate surface area is 120 Å². The summed E-state index contributed by atoms with van der Waals surface area (Å²) in [7, 11) is 0. The second-order valence-electron chi connectivity index (χ2n) is 4.26. The van der Waals surface area contributed by atoms with E-state index < -0.39 is 12.1 Å². The van der Waals surface area contributed by atoms with Gasteiger partial charge < -0.3 is 4.74 Å². The number of carbonyl (C=O) groups is 1. The summed E-state index contributed by atoms with van der Waals surface area (Å²) in [4.78, 5) is 11.6. The fourth-order valence-electron chi connectivity index (χ4n) is 1.51. The van der Waals surface area contributed by atoms with Crippen molar-refractivity contribution in [3.05, 3.63) is 47.5 Å². The number of rotatable bonds is 6. The van der Waals surface area contributed by atoms with Crippen LogP contribution in [0.25, 0.3) is 0 Å². The van der Waals surface area contributed by atoms with E-state index in [1.54, 1.807) is 0 Å². The highest BCUT2D eigenvalue weighted by atomic mass is 19.4. The van der Waals surface area contributed by atoms with Crippen LogP contribution in [0.4, 0.5) is 13.2 Å². The van der Waals surface area contributed by atoms with Crippen molar-refractivity contribution in [1.29, 1.82) is 5.26 Å². The minimum Gasteiger partial charge on any atom is -0.462 e. The largest absolute Gasteiger partial charge is 0.462 e. The lowest BCUT2D eigenvalue weighted by Crippen LogP contribution is -2.06. The molecule has 0 saturated heterocycles. The predicted octanol–water partition coefficient (Wildman–Crippen LogP) is 4.00. The van der Waals surface area contributed by atoms with Gasteiger partial charge in [-0.3, -0.25) is 0 Å². The molecule has 0 spiro atoms. The minimum atomic E-state index is -4.28. The number of allylic oxidation sites excluding steroid dienone is 2. The summed E-state index contributed by atoms with van der Waals surface area (Å²) < 4.78 is 40.4. The number of halogens is 3. The van der Waals surface area contributed by atoms with E-state index in [9.17, 15) is 18.0 Å². The summed E-state index contributed by atoms with van der Waals surface area (Å²) in [6.45, 7) is 0.151. The lowest BCUT2D eigenvalue weighted by atomic mass is 10.1. The fourth-order valence-corrected chi connectivity index (χ4v) is 1.51. The maximum absolute atomic E-state index is 11.8. The molecule has 0 radical (unpaired) electrons. The molecule has 0 saturated carbocycles. The highest BCUT2D eigenvalue weighted by Gasteiger charge is 2.21. The Morgan fingerprint density at radius 1 is 1.24 bits per heavy atom. The van der Waals surface area contributed by atoms with Gasteiger partial charge in [0.15, 0.2) is 0 Å². The van der Waals surface area contributed by atoms with Gasteiger partial charge in [-0.25, -0.2) is 4.79 Å². The van der Waals surface area contributed by atoms with Crippen molar-refractivity contribution >= 4 is 5.97 Å². The molecule has 112 valence electrons. The number of benzene rings is 1. The zero-order valence-electron chi connectivity index (χ0n) is 11.2. The number of nitrogens with zero attached hydrogens (tertiary/aromatic N) is 1. The molecule has 0 aliphatic rings. The molecule has 0 aliphatic carbocycles. The lowest BCUT2D eigenvalue weighted by Gasteiger charge is -2.04. The first-order valence-electron chi connectivity index (χ1n) is 6.34. The third-order valence-electron chi connectivity index (χ3n) is 2.55. The number of hydrogen-bond acceptors (Lipinski definition) is 3. The van der Waals surface area contributed by atoms with Crippen LogP contribution in [0.2, 0.25) is 0 Å². The van der Waals surface area contributed by atoms with E-state index in [2.05, 4.69) is 0 Å². The second kappa shape index (κ2) is 8.10. The number of nitriles is 1. The summed E-state index contributed by atoms with van der Waals surface area (Å²) in [6, 6.07) is 7.95. The van der Waals surface area contributed by atoms with Crippen molar-refractivity contribution in [2.75, 3.05) is 6.61 Å². The van der Waals surface area contributed by atoms with E-state index in [4.69, 9.17) is 10.00 Å². The quantitative estimate of drug-likeness (QED) is 0.453. The Kier molecular flexibility index (Phi) is 6.47. The molecule has 21 heavy (non-hydrogen) atoms. The van der Waals surface area contributed by atoms with E-state index in [-0.39, 0.29) is 19.1 Å². The Balaban J connectivity index is 2.22. The van der Waals surface area contributed by atoms with Crippen LogP contribution in [0, 0.1) is 11.3 Å². The van der Waals surface area contributed by atoms with Crippen LogP contribution >= 0.6 is 0 Å². The van der Waals surface area contributed by atoms with E-state index in [1.807, 2.05) is 6.07 Å². The third kappa shape index (κ3) is 7.16. The highest BCUT2D eigenvalue weighted by Crippen LogP contribution is 2.16. The summed E-state index contributed by atoms with van der Waals surface area (Å²) >= 11 is 0. The van der Waals surface area contributed by atoms with Gasteiger partial charge >= 0.3 is 12.1 Å². The standard InChI is InChI=1S/C15H14F3NO2/c16-15(17,18)9-3-1-2-4-10-21-14(20)13-7-5-12(11-19)6-8-13/h3,5-9H,1-2,4,10H2. The van der Waals surface area contributed by atoms with Crippen LogP contribution < -0.4 is 0 Å². The molecule has 0 aliphatic heterocycles. The number of alkyl halides is 3. The van der Waals surface area contributed by atoms with E-state index in [0.29, 0.717) is 24.0 Å². The number of unbranched alkanes of at least 4 members (excludes halogenated alkanes) is 2. The molecule has 1 rings (SSSR count). The summed E-state index contributed by atoms with van der Waals surface area (Å²) in [5.41, 5.74) is 0.786. The monoisotopic (exact) mass is 297 g/mol. The molecule has 0 bridgehead atoms. The Morgan fingerprint density at radius 2 is 1.90 bits per heavy atom. The summed E-state index contributed by atoms with van der Waals surface area (Å²) in [5.74, 6) is -0.509. The maximum atomic E-state index is 11.8. The summed E-state index contributed by atoms with van der Waals surface area (Å²) in [5, 5.41) is 8.62. The molecule has 0 unspecified atom stereocenters. The van der Waals surface area contributed by atoms with Crippen LogP contribution in [-0.4, -0.2) is 18.8 Å². The minimum absolute atomic E-state index is 0.151. The van der Waals surface area contributed by atoms with Crippen LogP contribution in [0.5, 0.6) is 0 Å². The summed E-state index contributed by atoms with van der Waals surface area (Å²) in [6.07, 6.45) is -1.73. The molecule has 0 fully saturated rings. The van der Waals surface area contributed by atoms with Crippen LogP contribution in [-0.2, 0) is 4.74 Å². The average Bonchev–Trinajstić information content (AvgIpc) is 2.45. The van der Waals surface area contributed by atoms with Crippen LogP contribution in [0.1, 0.15) is 35.2 Å². The number of ether oxygens (including phenoxy) is 1. The van der Waals surface area contributed by atoms with Gasteiger partial charge in [0, 0.05) is 6.08 Å². The molecule has 1 aromatic carbocycles. The average molecular weight is 297 g/mol. The zero-order valence-corrected chi connectivity index (χ0v) is 11.2. The van der Waals surface area contributed by atoms with E-state index >= 15 is 0 Å². The molecule has 0 aromatic heterocycles. The number of hydrogen-bond donors (Lipinski definition) is 0. The molecule has 6 heteroatoms. The maximum Gasteiger partial charge on any atom is 0.409 e. The van der Waals surface area contributed by atoms with Crippen molar-refractivity contribution in [2.24, 2.45) is 0 Å². The van der Waals surface area contributed by atoms with E-state index in [0.717, 1.165) is 6.08 Å². The van der Waals surface area contributed by atoms with Gasteiger partial charge in [0.2, 0.25) is 0 Å². The topological polar surface area (TPSA) is 50.1 Å². The van der Waals surface area contributed by atoms with Gasteiger partial charge in [-0.15, -0.1) is 0 Å². The molecule has 3 nitrogen and oxygen atoms in total. The molecule has 0 atom stereocenters. The highest BCUT2D eigenvalue weighted by molar-refractivity contribution is 5.89. The third-order valence-corrected chi connectivity index (χ3v) is 2.55. The van der Waals surface area contributed by atoms with Crippen molar-refractivity contribution in [3.8, 4) is 6.07 Å². The van der Waals surface area contributed by atoms with Gasteiger partial charge in [-0.05, 0) is 43.5 Å². The molecular weight excluding hydrogens is 283 g/mol. The van der Waals surface area contributed by atoms with Crippen LogP contribution in [0.3, 0.4) is 0 Å². The van der Waals surface area contributed by atoms with Gasteiger partial charge in [0.1, 0.15) is 0 Å². The zero-order chi connectivity index (χ0) is 15.7. The normalized spacial score (nSPS) is 11.3. The molecule has 0 amide bonds. The van der Waals surface area contributed by atoms with Gasteiger partial charge in [0.25, 0.3) is 0 Å². The molecule has 0 N–H and O–H groups in total. The van der Waals surface area contributed by atoms with Gasteiger partial charge in [-0.2, -0.15) is 18.4 Å².